The van der Waals surface area contributed by atoms with Crippen LogP contribution >= 0.6 is 11.3 Å². The number of carbonyl (C=O) groups is 1. The number of anilines is 1. The predicted molar refractivity (Wildman–Crippen MR) is 107 cm³/mol. The van der Waals surface area contributed by atoms with Crippen LogP contribution in [0.4, 0.5) is 9.52 Å². The molecule has 0 spiro atoms. The van der Waals surface area contributed by atoms with Crippen molar-refractivity contribution in [3.05, 3.63) is 84.4 Å². The number of thiazole rings is 1. The minimum atomic E-state index is -0.408. The van der Waals surface area contributed by atoms with Gasteiger partial charge < -0.3 is 4.74 Å². The highest BCUT2D eigenvalue weighted by molar-refractivity contribution is 7.22. The number of carbonyl (C=O) groups excluding carboxylic acids is 1. The molecule has 2 aromatic carbocycles. The lowest BCUT2D eigenvalue weighted by molar-refractivity contribution is -0.120. The van der Waals surface area contributed by atoms with Crippen LogP contribution in [0.15, 0.2) is 73.1 Å². The molecule has 2 aromatic heterocycles. The molecule has 0 N–H and O–H groups in total. The lowest BCUT2D eigenvalue weighted by Crippen LogP contribution is -2.34. The zero-order valence-electron chi connectivity index (χ0n) is 14.8. The average molecular weight is 393 g/mol. The Morgan fingerprint density at radius 3 is 2.68 bits per heavy atom. The van der Waals surface area contributed by atoms with Gasteiger partial charge in [-0.05, 0) is 35.9 Å². The third kappa shape index (κ3) is 3.99. The van der Waals surface area contributed by atoms with Crippen LogP contribution in [0.1, 0.15) is 5.56 Å². The van der Waals surface area contributed by atoms with Gasteiger partial charge in [0, 0.05) is 12.4 Å². The number of fused-ring (bicyclic) bond motifs is 1. The summed E-state index contributed by atoms with van der Waals surface area (Å²) in [6.07, 6.45) is 3.35. The van der Waals surface area contributed by atoms with Crippen molar-refractivity contribution in [2.45, 2.75) is 6.54 Å². The molecule has 1 amide bonds. The minimum absolute atomic E-state index is 0.150. The first-order valence-electron chi connectivity index (χ1n) is 8.63. The summed E-state index contributed by atoms with van der Waals surface area (Å²) in [7, 11) is 0. The van der Waals surface area contributed by atoms with Crippen molar-refractivity contribution < 1.29 is 13.9 Å². The number of aromatic nitrogens is 2. The van der Waals surface area contributed by atoms with Gasteiger partial charge in [0.05, 0.1) is 11.2 Å². The van der Waals surface area contributed by atoms with Gasteiger partial charge in [0.1, 0.15) is 17.1 Å². The van der Waals surface area contributed by atoms with Gasteiger partial charge in [-0.2, -0.15) is 0 Å². The summed E-state index contributed by atoms with van der Waals surface area (Å²) >= 11 is 1.27. The van der Waals surface area contributed by atoms with E-state index < -0.39 is 5.82 Å². The van der Waals surface area contributed by atoms with Gasteiger partial charge in [0.2, 0.25) is 0 Å². The van der Waals surface area contributed by atoms with Gasteiger partial charge in [-0.1, -0.05) is 41.7 Å². The Hall–Kier alpha value is -3.32. The first kappa shape index (κ1) is 18.1. The van der Waals surface area contributed by atoms with Gasteiger partial charge in [-0.25, -0.2) is 9.37 Å². The number of benzene rings is 2. The molecule has 0 saturated heterocycles. The molecule has 0 aliphatic rings. The lowest BCUT2D eigenvalue weighted by atomic mass is 10.2. The van der Waals surface area contributed by atoms with E-state index in [1.807, 2.05) is 24.3 Å². The maximum absolute atomic E-state index is 14.1. The van der Waals surface area contributed by atoms with Crippen LogP contribution in [-0.2, 0) is 11.3 Å². The van der Waals surface area contributed by atoms with E-state index >= 15 is 0 Å². The predicted octanol–water partition coefficient (Wildman–Crippen LogP) is 4.44. The molecule has 0 aliphatic heterocycles. The summed E-state index contributed by atoms with van der Waals surface area (Å²) in [6.45, 7) is 0.120. The van der Waals surface area contributed by atoms with E-state index in [0.29, 0.717) is 15.6 Å². The quantitative estimate of drug-likeness (QED) is 0.486. The van der Waals surface area contributed by atoms with Crippen molar-refractivity contribution in [1.82, 2.24) is 9.97 Å². The molecule has 5 nitrogen and oxygen atoms in total. The minimum Gasteiger partial charge on any atom is -0.484 e. The fourth-order valence-corrected chi connectivity index (χ4v) is 3.69. The van der Waals surface area contributed by atoms with Crippen molar-refractivity contribution in [3.8, 4) is 5.75 Å². The topological polar surface area (TPSA) is 55.3 Å². The first-order valence-corrected chi connectivity index (χ1v) is 9.44. The molecule has 0 atom stereocenters. The molecule has 4 rings (SSSR count). The second-order valence-corrected chi connectivity index (χ2v) is 7.04. The Labute approximate surface area is 165 Å². The number of pyridine rings is 1. The Bertz CT molecular complexity index is 1090. The molecule has 0 fully saturated rings. The molecule has 2 heterocycles. The maximum Gasteiger partial charge on any atom is 0.267 e. The van der Waals surface area contributed by atoms with Crippen molar-refractivity contribution in [2.24, 2.45) is 0 Å². The molecule has 28 heavy (non-hydrogen) atoms. The number of ether oxygens (including phenoxy) is 1. The monoisotopic (exact) mass is 393 g/mol. The van der Waals surface area contributed by atoms with Crippen LogP contribution in [0.3, 0.4) is 0 Å². The van der Waals surface area contributed by atoms with E-state index in [2.05, 4.69) is 9.97 Å². The summed E-state index contributed by atoms with van der Waals surface area (Å²) in [5.74, 6) is -0.0750. The number of nitrogens with zero attached hydrogens (tertiary/aromatic N) is 3. The van der Waals surface area contributed by atoms with Crippen LogP contribution in [-0.4, -0.2) is 22.5 Å². The maximum atomic E-state index is 14.1. The fourth-order valence-electron chi connectivity index (χ4n) is 2.70. The number of hydrogen-bond acceptors (Lipinski definition) is 5. The Morgan fingerprint density at radius 2 is 1.93 bits per heavy atom. The second kappa shape index (κ2) is 8.14. The summed E-state index contributed by atoms with van der Waals surface area (Å²) in [4.78, 5) is 22.9. The fraction of sp³-hybridized carbons (Fsp3) is 0.0952. The van der Waals surface area contributed by atoms with E-state index in [9.17, 15) is 9.18 Å². The van der Waals surface area contributed by atoms with Gasteiger partial charge >= 0.3 is 0 Å². The van der Waals surface area contributed by atoms with Crippen LogP contribution < -0.4 is 9.64 Å². The Kier molecular flexibility index (Phi) is 5.25. The molecular weight excluding hydrogens is 377 g/mol. The van der Waals surface area contributed by atoms with E-state index in [1.165, 1.54) is 22.3 Å². The Balaban J connectivity index is 1.62. The number of amides is 1. The highest BCUT2D eigenvalue weighted by Crippen LogP contribution is 2.31. The van der Waals surface area contributed by atoms with E-state index in [-0.39, 0.29) is 24.6 Å². The molecule has 0 aliphatic carbocycles. The summed E-state index contributed by atoms with van der Waals surface area (Å²) in [5, 5.41) is 0.422. The zero-order chi connectivity index (χ0) is 19.3. The zero-order valence-corrected chi connectivity index (χ0v) is 15.6. The standard InChI is InChI=1S/C21H16FN3O2S/c22-17-9-4-10-18-20(17)24-21(28-18)25(13-15-6-5-11-23-12-15)19(26)14-27-16-7-2-1-3-8-16/h1-12H,13-14H2. The largest absolute Gasteiger partial charge is 0.484 e. The van der Waals surface area contributed by atoms with Crippen LogP contribution in [0.5, 0.6) is 5.75 Å². The van der Waals surface area contributed by atoms with E-state index in [4.69, 9.17) is 4.74 Å². The smallest absolute Gasteiger partial charge is 0.267 e. The van der Waals surface area contributed by atoms with Gasteiger partial charge in [0.25, 0.3) is 5.91 Å². The molecule has 0 bridgehead atoms. The van der Waals surface area contributed by atoms with Gasteiger partial charge in [-0.15, -0.1) is 0 Å². The lowest BCUT2D eigenvalue weighted by Gasteiger charge is -2.20. The third-order valence-corrected chi connectivity index (χ3v) is 5.10. The third-order valence-electron chi connectivity index (χ3n) is 4.06. The van der Waals surface area contributed by atoms with Crippen molar-refractivity contribution in [2.75, 3.05) is 11.5 Å². The van der Waals surface area contributed by atoms with Crippen molar-refractivity contribution in [1.29, 1.82) is 0 Å². The van der Waals surface area contributed by atoms with E-state index in [1.54, 1.807) is 42.7 Å². The van der Waals surface area contributed by atoms with Gasteiger partial charge in [-0.3, -0.25) is 14.7 Å². The summed E-state index contributed by atoms with van der Waals surface area (Å²) in [6, 6.07) is 17.6. The first-order chi connectivity index (χ1) is 13.7. The number of para-hydroxylation sites is 2. The van der Waals surface area contributed by atoms with Crippen LogP contribution in [0.2, 0.25) is 0 Å². The molecule has 4 aromatic rings. The molecule has 0 saturated carbocycles. The average Bonchev–Trinajstić information content (AvgIpc) is 3.17. The van der Waals surface area contributed by atoms with Crippen molar-refractivity contribution >= 4 is 32.6 Å². The summed E-state index contributed by atoms with van der Waals surface area (Å²) in [5.41, 5.74) is 1.10. The van der Waals surface area contributed by atoms with Crippen LogP contribution in [0.25, 0.3) is 10.2 Å². The molecule has 140 valence electrons. The van der Waals surface area contributed by atoms with E-state index in [0.717, 1.165) is 5.56 Å². The molecule has 0 unspecified atom stereocenters. The van der Waals surface area contributed by atoms with Crippen molar-refractivity contribution in [3.63, 3.8) is 0 Å². The van der Waals surface area contributed by atoms with Gasteiger partial charge in [0.15, 0.2) is 11.7 Å². The molecular formula is C21H16FN3O2S. The normalized spacial score (nSPS) is 10.8. The number of rotatable bonds is 6. The SMILES string of the molecule is O=C(COc1ccccc1)N(Cc1cccnc1)c1nc2c(F)cccc2s1. The highest BCUT2D eigenvalue weighted by atomic mass is 32.1. The highest BCUT2D eigenvalue weighted by Gasteiger charge is 2.22. The number of halogens is 1. The number of hydrogen-bond donors (Lipinski definition) is 0. The second-order valence-electron chi connectivity index (χ2n) is 6.03. The Morgan fingerprint density at radius 1 is 1.07 bits per heavy atom. The molecule has 7 heteroatoms. The summed E-state index contributed by atoms with van der Waals surface area (Å²) < 4.78 is 20.4. The van der Waals surface area contributed by atoms with Crippen LogP contribution in [0, 0.1) is 5.82 Å². The molecule has 0 radical (unpaired) electrons.